The Balaban J connectivity index is 2.21. The van der Waals surface area contributed by atoms with Gasteiger partial charge in [-0.05, 0) is 12.8 Å². The lowest BCUT2D eigenvalue weighted by Crippen LogP contribution is -2.43. The Morgan fingerprint density at radius 3 is 2.57 bits per heavy atom. The number of aromatic nitrogens is 1. The third-order valence-electron chi connectivity index (χ3n) is 3.84. The summed E-state index contributed by atoms with van der Waals surface area (Å²) in [5.41, 5.74) is 5.91. The van der Waals surface area contributed by atoms with Crippen LogP contribution in [0.5, 0.6) is 0 Å². The highest BCUT2D eigenvalue weighted by atomic mass is 32.1. The van der Waals surface area contributed by atoms with Gasteiger partial charge in [-0.15, -0.1) is 0 Å². The molecule has 0 aliphatic heterocycles. The molecule has 1 saturated carbocycles. The number of aliphatic hydroxyl groups is 1. The third kappa shape index (κ3) is 3.65. The first kappa shape index (κ1) is 16.0. The van der Waals surface area contributed by atoms with Gasteiger partial charge in [-0.1, -0.05) is 30.6 Å². The average Bonchev–Trinajstić information content (AvgIpc) is 2.87. The molecule has 0 atom stereocenters. The maximum atomic E-state index is 12.8. The Hall–Kier alpha value is -1.34. The van der Waals surface area contributed by atoms with Crippen LogP contribution >= 0.6 is 11.3 Å². The van der Waals surface area contributed by atoms with E-state index in [-0.39, 0.29) is 24.4 Å². The van der Waals surface area contributed by atoms with Crippen molar-refractivity contribution >= 4 is 28.2 Å². The zero-order valence-electron chi connectivity index (χ0n) is 12.7. The van der Waals surface area contributed by atoms with Gasteiger partial charge in [0.05, 0.1) is 6.61 Å². The number of carbonyl (C=O) groups is 1. The summed E-state index contributed by atoms with van der Waals surface area (Å²) >= 11 is 1.31. The molecule has 2 rings (SSSR count). The molecule has 1 heterocycles. The Morgan fingerprint density at radius 2 is 2.05 bits per heavy atom. The fourth-order valence-electron chi connectivity index (χ4n) is 2.75. The van der Waals surface area contributed by atoms with Crippen molar-refractivity contribution in [3.63, 3.8) is 0 Å². The van der Waals surface area contributed by atoms with E-state index in [2.05, 4.69) is 4.98 Å². The molecule has 118 valence electrons. The van der Waals surface area contributed by atoms with Crippen molar-refractivity contribution in [2.24, 2.45) is 0 Å². The zero-order valence-corrected chi connectivity index (χ0v) is 13.5. The van der Waals surface area contributed by atoms with Gasteiger partial charge in [0.25, 0.3) is 5.91 Å². The highest BCUT2D eigenvalue weighted by Gasteiger charge is 2.29. The van der Waals surface area contributed by atoms with Crippen LogP contribution in [0, 0.1) is 0 Å². The van der Waals surface area contributed by atoms with Crippen LogP contribution in [-0.4, -0.2) is 54.2 Å². The van der Waals surface area contributed by atoms with Crippen molar-refractivity contribution in [2.45, 2.75) is 38.1 Å². The van der Waals surface area contributed by atoms with Gasteiger partial charge in [0.2, 0.25) is 0 Å². The van der Waals surface area contributed by atoms with Crippen molar-refractivity contribution < 1.29 is 9.90 Å². The van der Waals surface area contributed by atoms with Gasteiger partial charge in [-0.25, -0.2) is 4.98 Å². The first-order valence-corrected chi connectivity index (χ1v) is 8.21. The topological polar surface area (TPSA) is 82.7 Å². The van der Waals surface area contributed by atoms with Crippen molar-refractivity contribution in [1.82, 2.24) is 9.88 Å². The summed E-state index contributed by atoms with van der Waals surface area (Å²) in [5, 5.41) is 10.0. The number of nitrogen functional groups attached to an aromatic ring is 1. The second kappa shape index (κ2) is 7.09. The molecule has 1 aromatic rings. The summed E-state index contributed by atoms with van der Waals surface area (Å²) in [7, 11) is 3.75. The highest BCUT2D eigenvalue weighted by Crippen LogP contribution is 2.30. The fourth-order valence-corrected chi connectivity index (χ4v) is 3.61. The Morgan fingerprint density at radius 1 is 1.38 bits per heavy atom. The number of hydrogen-bond donors (Lipinski definition) is 2. The molecule has 6 nitrogen and oxygen atoms in total. The summed E-state index contributed by atoms with van der Waals surface area (Å²) in [6, 6.07) is 0.211. The van der Waals surface area contributed by atoms with Gasteiger partial charge < -0.3 is 20.6 Å². The van der Waals surface area contributed by atoms with E-state index in [4.69, 9.17) is 5.73 Å². The number of nitrogens with two attached hydrogens (primary N) is 1. The molecule has 1 aliphatic rings. The first-order valence-electron chi connectivity index (χ1n) is 7.40. The zero-order chi connectivity index (χ0) is 15.4. The van der Waals surface area contributed by atoms with E-state index < -0.39 is 0 Å². The van der Waals surface area contributed by atoms with Gasteiger partial charge in [-0.3, -0.25) is 4.79 Å². The first-order chi connectivity index (χ1) is 10.0. The van der Waals surface area contributed by atoms with Crippen LogP contribution in [-0.2, 0) is 0 Å². The summed E-state index contributed by atoms with van der Waals surface area (Å²) in [4.78, 5) is 21.1. The number of rotatable bonds is 5. The number of hydrogen-bond acceptors (Lipinski definition) is 6. The number of carbonyl (C=O) groups excluding carboxylic acids is 1. The molecule has 1 amide bonds. The minimum Gasteiger partial charge on any atom is -0.395 e. The molecule has 3 N–H and O–H groups in total. The van der Waals surface area contributed by atoms with Crippen LogP contribution in [0.15, 0.2) is 0 Å². The van der Waals surface area contributed by atoms with E-state index in [0.29, 0.717) is 11.4 Å². The SMILES string of the molecule is CN(C)c1nc(N)c(C(=O)N(CCO)C2CCCCC2)s1. The van der Waals surface area contributed by atoms with Crippen LogP contribution < -0.4 is 10.6 Å². The second-order valence-electron chi connectivity index (χ2n) is 5.62. The van der Waals surface area contributed by atoms with Crippen LogP contribution in [0.3, 0.4) is 0 Å². The summed E-state index contributed by atoms with van der Waals surface area (Å²) < 4.78 is 0. The number of thiazole rings is 1. The van der Waals surface area contributed by atoms with Crippen LogP contribution in [0.25, 0.3) is 0 Å². The minimum atomic E-state index is -0.0981. The van der Waals surface area contributed by atoms with E-state index in [9.17, 15) is 9.90 Å². The van der Waals surface area contributed by atoms with Crippen LogP contribution in [0.4, 0.5) is 10.9 Å². The second-order valence-corrected chi connectivity index (χ2v) is 6.60. The third-order valence-corrected chi connectivity index (χ3v) is 5.06. The van der Waals surface area contributed by atoms with Gasteiger partial charge >= 0.3 is 0 Å². The molecule has 0 radical (unpaired) electrons. The van der Waals surface area contributed by atoms with Crippen molar-refractivity contribution in [2.75, 3.05) is 37.9 Å². The molecule has 0 aromatic carbocycles. The van der Waals surface area contributed by atoms with Crippen molar-refractivity contribution in [1.29, 1.82) is 0 Å². The van der Waals surface area contributed by atoms with Crippen LogP contribution in [0.1, 0.15) is 41.8 Å². The lowest BCUT2D eigenvalue weighted by Gasteiger charge is -2.33. The van der Waals surface area contributed by atoms with Crippen LogP contribution in [0.2, 0.25) is 0 Å². The molecule has 0 spiro atoms. The molecular weight excluding hydrogens is 288 g/mol. The Labute approximate surface area is 129 Å². The molecule has 0 bridgehead atoms. The molecule has 0 saturated heterocycles. The highest BCUT2D eigenvalue weighted by molar-refractivity contribution is 7.18. The molecule has 1 aliphatic carbocycles. The Bertz CT molecular complexity index is 483. The summed E-state index contributed by atoms with van der Waals surface area (Å²) in [6.45, 7) is 0.333. The molecule has 1 fully saturated rings. The average molecular weight is 312 g/mol. The smallest absolute Gasteiger partial charge is 0.268 e. The fraction of sp³-hybridized carbons (Fsp3) is 0.714. The lowest BCUT2D eigenvalue weighted by atomic mass is 9.94. The van der Waals surface area contributed by atoms with E-state index in [1.54, 1.807) is 4.90 Å². The molecule has 7 heteroatoms. The van der Waals surface area contributed by atoms with E-state index in [1.807, 2.05) is 19.0 Å². The van der Waals surface area contributed by atoms with Gasteiger partial charge in [0.1, 0.15) is 10.7 Å². The summed E-state index contributed by atoms with van der Waals surface area (Å²) in [5.74, 6) is 0.187. The number of anilines is 2. The maximum absolute atomic E-state index is 12.8. The maximum Gasteiger partial charge on any atom is 0.268 e. The summed E-state index contributed by atoms with van der Waals surface area (Å²) in [6.07, 6.45) is 5.52. The predicted molar refractivity (Wildman–Crippen MR) is 85.8 cm³/mol. The standard InChI is InChI=1S/C14H24N4O2S/c1-17(2)14-16-12(15)11(21-14)13(20)18(8-9-19)10-6-4-3-5-7-10/h10,19H,3-9,15H2,1-2H3. The van der Waals surface area contributed by atoms with Gasteiger partial charge in [-0.2, -0.15) is 0 Å². The monoisotopic (exact) mass is 312 g/mol. The van der Waals surface area contributed by atoms with Gasteiger partial charge in [0.15, 0.2) is 5.13 Å². The number of nitrogens with zero attached hydrogens (tertiary/aromatic N) is 3. The normalized spacial score (nSPS) is 16.0. The van der Waals surface area contributed by atoms with Crippen molar-refractivity contribution in [3.05, 3.63) is 4.88 Å². The molecular formula is C14H24N4O2S. The number of amides is 1. The lowest BCUT2D eigenvalue weighted by molar-refractivity contribution is 0.0591. The molecule has 0 unspecified atom stereocenters. The Kier molecular flexibility index (Phi) is 5.41. The molecule has 21 heavy (non-hydrogen) atoms. The minimum absolute atomic E-state index is 0.0263. The van der Waals surface area contributed by atoms with E-state index >= 15 is 0 Å². The van der Waals surface area contributed by atoms with E-state index in [1.165, 1.54) is 17.8 Å². The van der Waals surface area contributed by atoms with E-state index in [0.717, 1.165) is 30.8 Å². The molecule has 1 aromatic heterocycles. The largest absolute Gasteiger partial charge is 0.395 e. The van der Waals surface area contributed by atoms with Gasteiger partial charge in [0, 0.05) is 26.7 Å². The predicted octanol–water partition coefficient (Wildman–Crippen LogP) is 1.56. The number of aliphatic hydroxyl groups excluding tert-OH is 1. The van der Waals surface area contributed by atoms with Crippen molar-refractivity contribution in [3.8, 4) is 0 Å². The quantitative estimate of drug-likeness (QED) is 0.862.